The number of rotatable bonds is 6. The summed E-state index contributed by atoms with van der Waals surface area (Å²) < 4.78 is 13.3. The van der Waals surface area contributed by atoms with Crippen molar-refractivity contribution in [1.82, 2.24) is 5.32 Å². The Morgan fingerprint density at radius 3 is 2.59 bits per heavy atom. The Labute approximate surface area is 98.0 Å². The van der Waals surface area contributed by atoms with E-state index in [1.807, 2.05) is 0 Å². The monoisotopic (exact) mass is 239 g/mol. The van der Waals surface area contributed by atoms with Gasteiger partial charge in [-0.05, 0) is 18.2 Å². The van der Waals surface area contributed by atoms with Crippen LogP contribution in [0.4, 0.5) is 4.39 Å². The number of nitrogens with two attached hydrogens (primary N) is 2. The average molecular weight is 239 g/mol. The lowest BCUT2D eigenvalue weighted by Crippen LogP contribution is -2.22. The van der Waals surface area contributed by atoms with Crippen LogP contribution in [0.25, 0.3) is 0 Å². The smallest absolute Gasteiger partial charge is 0.248 e. The first kappa shape index (κ1) is 13.1. The Morgan fingerprint density at radius 2 is 2.00 bits per heavy atom. The van der Waals surface area contributed by atoms with Crippen LogP contribution >= 0.6 is 0 Å². The Kier molecular flexibility index (Phi) is 4.59. The van der Waals surface area contributed by atoms with Crippen LogP contribution in [-0.2, 0) is 11.3 Å². The Balaban J connectivity index is 2.60. The highest BCUT2D eigenvalue weighted by atomic mass is 19.1. The molecule has 0 fully saturated rings. The van der Waals surface area contributed by atoms with Crippen LogP contribution in [0.5, 0.6) is 0 Å². The maximum absolute atomic E-state index is 13.3. The standard InChI is InChI=1S/C11H14FN3O2/c12-9-2-1-7(11(14)17)5-8(9)6-15-4-3-10(13)16/h1-2,5,15H,3-4,6H2,(H2,13,16)(H2,14,17). The van der Waals surface area contributed by atoms with Gasteiger partial charge in [-0.15, -0.1) is 0 Å². The molecule has 1 rings (SSSR count). The van der Waals surface area contributed by atoms with Gasteiger partial charge in [0.05, 0.1) is 0 Å². The molecule has 0 aliphatic rings. The van der Waals surface area contributed by atoms with Gasteiger partial charge in [-0.1, -0.05) is 0 Å². The highest BCUT2D eigenvalue weighted by Gasteiger charge is 2.06. The maximum Gasteiger partial charge on any atom is 0.248 e. The molecule has 5 N–H and O–H groups in total. The summed E-state index contributed by atoms with van der Waals surface area (Å²) in [4.78, 5) is 21.4. The molecule has 0 saturated heterocycles. The van der Waals surface area contributed by atoms with Crippen molar-refractivity contribution >= 4 is 11.8 Å². The summed E-state index contributed by atoms with van der Waals surface area (Å²) in [6, 6.07) is 3.89. The zero-order valence-electron chi connectivity index (χ0n) is 9.20. The van der Waals surface area contributed by atoms with Crippen molar-refractivity contribution < 1.29 is 14.0 Å². The molecule has 17 heavy (non-hydrogen) atoms. The van der Waals surface area contributed by atoms with E-state index in [1.54, 1.807) is 0 Å². The minimum Gasteiger partial charge on any atom is -0.370 e. The second kappa shape index (κ2) is 5.95. The third-order valence-corrected chi connectivity index (χ3v) is 2.19. The quantitative estimate of drug-likeness (QED) is 0.604. The lowest BCUT2D eigenvalue weighted by molar-refractivity contribution is -0.117. The zero-order valence-corrected chi connectivity index (χ0v) is 9.20. The summed E-state index contributed by atoms with van der Waals surface area (Å²) in [7, 11) is 0. The van der Waals surface area contributed by atoms with Crippen LogP contribution in [-0.4, -0.2) is 18.4 Å². The Morgan fingerprint density at radius 1 is 1.29 bits per heavy atom. The van der Waals surface area contributed by atoms with Crippen LogP contribution in [0.1, 0.15) is 22.3 Å². The molecule has 0 radical (unpaired) electrons. The molecule has 0 atom stereocenters. The second-order valence-electron chi connectivity index (χ2n) is 3.56. The molecular formula is C11H14FN3O2. The van der Waals surface area contributed by atoms with E-state index >= 15 is 0 Å². The van der Waals surface area contributed by atoms with Crippen molar-refractivity contribution in [2.75, 3.05) is 6.54 Å². The maximum atomic E-state index is 13.3. The van der Waals surface area contributed by atoms with Gasteiger partial charge in [0.15, 0.2) is 0 Å². The van der Waals surface area contributed by atoms with Gasteiger partial charge < -0.3 is 16.8 Å². The summed E-state index contributed by atoms with van der Waals surface area (Å²) in [6.45, 7) is 0.565. The molecule has 0 heterocycles. The number of carbonyl (C=O) groups is 2. The highest BCUT2D eigenvalue weighted by molar-refractivity contribution is 5.92. The first-order valence-electron chi connectivity index (χ1n) is 5.08. The second-order valence-corrected chi connectivity index (χ2v) is 3.56. The predicted molar refractivity (Wildman–Crippen MR) is 60.4 cm³/mol. The van der Waals surface area contributed by atoms with E-state index in [-0.39, 0.29) is 18.5 Å². The van der Waals surface area contributed by atoms with E-state index in [2.05, 4.69) is 5.32 Å². The van der Waals surface area contributed by atoms with Crippen LogP contribution in [0.3, 0.4) is 0 Å². The van der Waals surface area contributed by atoms with Gasteiger partial charge in [-0.25, -0.2) is 4.39 Å². The van der Waals surface area contributed by atoms with Crippen LogP contribution < -0.4 is 16.8 Å². The number of benzene rings is 1. The predicted octanol–water partition coefficient (Wildman–Crippen LogP) is -0.110. The summed E-state index contributed by atoms with van der Waals surface area (Å²) >= 11 is 0. The number of amides is 2. The molecule has 0 aliphatic heterocycles. The van der Waals surface area contributed by atoms with Gasteiger partial charge in [0, 0.05) is 30.6 Å². The highest BCUT2D eigenvalue weighted by Crippen LogP contribution is 2.10. The number of carbonyl (C=O) groups excluding carboxylic acids is 2. The van der Waals surface area contributed by atoms with Crippen molar-refractivity contribution in [3.05, 3.63) is 35.1 Å². The number of primary amides is 2. The first-order chi connectivity index (χ1) is 8.00. The molecule has 0 unspecified atom stereocenters. The fourth-order valence-electron chi connectivity index (χ4n) is 1.30. The number of halogens is 1. The molecule has 2 amide bonds. The lowest BCUT2D eigenvalue weighted by atomic mass is 10.1. The average Bonchev–Trinajstić information content (AvgIpc) is 2.25. The molecule has 1 aromatic rings. The molecule has 5 nitrogen and oxygen atoms in total. The van der Waals surface area contributed by atoms with E-state index in [4.69, 9.17) is 11.5 Å². The topological polar surface area (TPSA) is 98.2 Å². The summed E-state index contributed by atoms with van der Waals surface area (Å²) in [5.74, 6) is -1.46. The minimum atomic E-state index is -0.608. The fraction of sp³-hybridized carbons (Fsp3) is 0.273. The number of nitrogens with one attached hydrogen (secondary N) is 1. The molecule has 0 spiro atoms. The molecule has 0 aromatic heterocycles. The summed E-state index contributed by atoms with van der Waals surface area (Å²) in [6.07, 6.45) is 0.178. The molecule has 0 bridgehead atoms. The van der Waals surface area contributed by atoms with Crippen LogP contribution in [0.15, 0.2) is 18.2 Å². The molecule has 0 saturated carbocycles. The Bertz CT molecular complexity index is 435. The zero-order chi connectivity index (χ0) is 12.8. The molecule has 1 aromatic carbocycles. The van der Waals surface area contributed by atoms with Gasteiger partial charge in [-0.3, -0.25) is 9.59 Å². The van der Waals surface area contributed by atoms with Gasteiger partial charge in [0.25, 0.3) is 0 Å². The minimum absolute atomic E-state index is 0.178. The van der Waals surface area contributed by atoms with Gasteiger partial charge in [-0.2, -0.15) is 0 Å². The van der Waals surface area contributed by atoms with Crippen molar-refractivity contribution in [3.63, 3.8) is 0 Å². The van der Waals surface area contributed by atoms with E-state index in [0.29, 0.717) is 12.1 Å². The van der Waals surface area contributed by atoms with E-state index < -0.39 is 17.6 Å². The van der Waals surface area contributed by atoms with Gasteiger partial charge in [0.1, 0.15) is 5.82 Å². The number of hydrogen-bond acceptors (Lipinski definition) is 3. The third kappa shape index (κ3) is 4.20. The van der Waals surface area contributed by atoms with Gasteiger partial charge >= 0.3 is 0 Å². The first-order valence-corrected chi connectivity index (χ1v) is 5.08. The summed E-state index contributed by atoms with van der Waals surface area (Å²) in [5.41, 5.74) is 10.6. The van der Waals surface area contributed by atoms with Crippen molar-refractivity contribution in [3.8, 4) is 0 Å². The molecule has 0 aliphatic carbocycles. The van der Waals surface area contributed by atoms with Crippen molar-refractivity contribution in [2.45, 2.75) is 13.0 Å². The summed E-state index contributed by atoms with van der Waals surface area (Å²) in [5, 5.41) is 2.85. The van der Waals surface area contributed by atoms with Gasteiger partial charge in [0.2, 0.25) is 11.8 Å². The van der Waals surface area contributed by atoms with Crippen LogP contribution in [0.2, 0.25) is 0 Å². The third-order valence-electron chi connectivity index (χ3n) is 2.19. The molecular weight excluding hydrogens is 225 g/mol. The van der Waals surface area contributed by atoms with E-state index in [1.165, 1.54) is 18.2 Å². The van der Waals surface area contributed by atoms with Crippen molar-refractivity contribution in [1.29, 1.82) is 0 Å². The number of hydrogen-bond donors (Lipinski definition) is 3. The van der Waals surface area contributed by atoms with Crippen LogP contribution in [0, 0.1) is 5.82 Å². The van der Waals surface area contributed by atoms with E-state index in [0.717, 1.165) is 0 Å². The lowest BCUT2D eigenvalue weighted by Gasteiger charge is -2.06. The normalized spacial score (nSPS) is 10.2. The Hall–Kier alpha value is -1.95. The SMILES string of the molecule is NC(=O)CCNCc1cc(C(N)=O)ccc1F. The molecule has 6 heteroatoms. The van der Waals surface area contributed by atoms with Crippen molar-refractivity contribution in [2.24, 2.45) is 11.5 Å². The molecule has 92 valence electrons. The largest absolute Gasteiger partial charge is 0.370 e. The fourth-order valence-corrected chi connectivity index (χ4v) is 1.30. The van der Waals surface area contributed by atoms with E-state index in [9.17, 15) is 14.0 Å².